The van der Waals surface area contributed by atoms with Crippen LogP contribution in [0.4, 0.5) is 5.69 Å². The Labute approximate surface area is 175 Å². The van der Waals surface area contributed by atoms with E-state index in [4.69, 9.17) is 4.74 Å². The van der Waals surface area contributed by atoms with Gasteiger partial charge in [0.1, 0.15) is 17.9 Å². The highest BCUT2D eigenvalue weighted by atomic mass is 79.9. The first-order valence-electron chi connectivity index (χ1n) is 8.57. The zero-order valence-corrected chi connectivity index (χ0v) is 16.7. The molecule has 0 atom stereocenters. The minimum atomic E-state index is -0.657. The van der Waals surface area contributed by atoms with Crippen LogP contribution in [0, 0.1) is 10.1 Å². The molecule has 7 nitrogen and oxygen atoms in total. The Morgan fingerprint density at radius 3 is 2.55 bits per heavy atom. The average molecular weight is 454 g/mol. The number of carbonyl (C=O) groups excluding carboxylic acids is 1. The van der Waals surface area contributed by atoms with Gasteiger partial charge in [0.05, 0.1) is 15.6 Å². The molecule has 3 rings (SSSR count). The van der Waals surface area contributed by atoms with E-state index >= 15 is 0 Å². The Balaban J connectivity index is 1.62. The molecule has 0 unspecified atom stereocenters. The summed E-state index contributed by atoms with van der Waals surface area (Å²) < 4.78 is 6.53. The first kappa shape index (κ1) is 20.2. The van der Waals surface area contributed by atoms with Gasteiger partial charge in [-0.15, -0.1) is 0 Å². The van der Waals surface area contributed by atoms with Crippen molar-refractivity contribution in [1.82, 2.24) is 5.43 Å². The third-order valence-electron chi connectivity index (χ3n) is 3.92. The van der Waals surface area contributed by atoms with Gasteiger partial charge in [-0.05, 0) is 51.3 Å². The fourth-order valence-electron chi connectivity index (χ4n) is 2.50. The van der Waals surface area contributed by atoms with Crippen LogP contribution < -0.4 is 10.2 Å². The smallest absolute Gasteiger partial charge is 0.282 e. The van der Waals surface area contributed by atoms with E-state index in [0.717, 1.165) is 10.0 Å². The fraction of sp³-hybridized carbons (Fsp3) is 0.0476. The fourth-order valence-corrected chi connectivity index (χ4v) is 3.01. The van der Waals surface area contributed by atoms with E-state index < -0.39 is 10.8 Å². The van der Waals surface area contributed by atoms with Crippen molar-refractivity contribution >= 4 is 33.7 Å². The molecule has 3 aromatic carbocycles. The normalized spacial score (nSPS) is 10.7. The number of halogens is 1. The quantitative estimate of drug-likeness (QED) is 0.318. The van der Waals surface area contributed by atoms with Gasteiger partial charge >= 0.3 is 0 Å². The molecule has 29 heavy (non-hydrogen) atoms. The van der Waals surface area contributed by atoms with Crippen LogP contribution in [0.3, 0.4) is 0 Å². The van der Waals surface area contributed by atoms with E-state index in [9.17, 15) is 14.9 Å². The van der Waals surface area contributed by atoms with Gasteiger partial charge in [0, 0.05) is 6.07 Å². The number of hydrogen-bond donors (Lipinski definition) is 1. The minimum Gasteiger partial charge on any atom is -0.488 e. The molecule has 8 heteroatoms. The lowest BCUT2D eigenvalue weighted by atomic mass is 10.2. The number of hydrazone groups is 1. The number of nitro benzene ring substituents is 1. The van der Waals surface area contributed by atoms with Crippen molar-refractivity contribution in [2.24, 2.45) is 5.10 Å². The molecule has 0 saturated heterocycles. The van der Waals surface area contributed by atoms with Gasteiger partial charge in [0.15, 0.2) is 0 Å². The van der Waals surface area contributed by atoms with Crippen molar-refractivity contribution < 1.29 is 14.5 Å². The summed E-state index contributed by atoms with van der Waals surface area (Å²) in [6, 6.07) is 20.9. The minimum absolute atomic E-state index is 0.0551. The molecule has 146 valence electrons. The first-order valence-corrected chi connectivity index (χ1v) is 9.37. The third-order valence-corrected chi connectivity index (χ3v) is 4.54. The Bertz CT molecular complexity index is 1050. The monoisotopic (exact) mass is 453 g/mol. The second-order valence-corrected chi connectivity index (χ2v) is 6.79. The van der Waals surface area contributed by atoms with E-state index in [2.05, 4.69) is 26.5 Å². The molecule has 0 aliphatic heterocycles. The highest BCUT2D eigenvalue weighted by Gasteiger charge is 2.18. The Morgan fingerprint density at radius 2 is 1.83 bits per heavy atom. The maximum atomic E-state index is 12.1. The molecule has 0 aliphatic carbocycles. The lowest BCUT2D eigenvalue weighted by molar-refractivity contribution is -0.385. The number of nitrogens with one attached hydrogen (secondary N) is 1. The van der Waals surface area contributed by atoms with Crippen LogP contribution >= 0.6 is 15.9 Å². The van der Waals surface area contributed by atoms with Gasteiger partial charge in [-0.25, -0.2) is 5.43 Å². The van der Waals surface area contributed by atoms with Crippen molar-refractivity contribution in [2.75, 3.05) is 0 Å². The molecule has 0 bridgehead atoms. The molecule has 0 radical (unpaired) electrons. The summed E-state index contributed by atoms with van der Waals surface area (Å²) in [4.78, 5) is 22.5. The molecule has 0 heterocycles. The van der Waals surface area contributed by atoms with Gasteiger partial charge in [-0.3, -0.25) is 14.9 Å². The van der Waals surface area contributed by atoms with Gasteiger partial charge < -0.3 is 4.74 Å². The molecule has 0 fully saturated rings. The van der Waals surface area contributed by atoms with E-state index in [0.29, 0.717) is 17.9 Å². The molecule has 3 aromatic rings. The summed E-state index contributed by atoms with van der Waals surface area (Å²) in [6.45, 7) is 0.443. The zero-order chi connectivity index (χ0) is 20.6. The molecular formula is C21H16BrN3O4. The topological polar surface area (TPSA) is 93.8 Å². The van der Waals surface area contributed by atoms with Gasteiger partial charge in [0.2, 0.25) is 0 Å². The van der Waals surface area contributed by atoms with Crippen LogP contribution in [0.15, 0.2) is 82.4 Å². The van der Waals surface area contributed by atoms with E-state index in [1.165, 1.54) is 24.4 Å². The Morgan fingerprint density at radius 1 is 1.10 bits per heavy atom. The number of nitro groups is 1. The summed E-state index contributed by atoms with van der Waals surface area (Å²) in [7, 11) is 0. The van der Waals surface area contributed by atoms with Crippen LogP contribution in [0.1, 0.15) is 21.5 Å². The third kappa shape index (κ3) is 5.49. The number of carbonyl (C=O) groups is 1. The Hall–Kier alpha value is -3.52. The summed E-state index contributed by atoms with van der Waals surface area (Å²) in [5.74, 6) is 0.0189. The van der Waals surface area contributed by atoms with Crippen LogP contribution in [0.25, 0.3) is 0 Å². The van der Waals surface area contributed by atoms with Crippen LogP contribution in [-0.2, 0) is 6.61 Å². The van der Waals surface area contributed by atoms with Crippen molar-refractivity contribution in [3.05, 3.63) is 104 Å². The molecule has 0 saturated carbocycles. The van der Waals surface area contributed by atoms with E-state index in [1.54, 1.807) is 24.3 Å². The molecule has 0 spiro atoms. The van der Waals surface area contributed by atoms with Crippen molar-refractivity contribution in [2.45, 2.75) is 6.61 Å². The van der Waals surface area contributed by atoms with Crippen LogP contribution in [-0.4, -0.2) is 17.0 Å². The summed E-state index contributed by atoms with van der Waals surface area (Å²) in [5.41, 5.74) is 3.75. The molecule has 1 amide bonds. The van der Waals surface area contributed by atoms with Crippen molar-refractivity contribution in [3.8, 4) is 5.75 Å². The van der Waals surface area contributed by atoms with E-state index in [-0.39, 0.29) is 11.3 Å². The largest absolute Gasteiger partial charge is 0.488 e. The molecular weight excluding hydrogens is 438 g/mol. The standard InChI is InChI=1S/C21H16BrN3O4/c22-18-12-16(10-11-20(18)29-14-15-6-2-1-3-7-15)13-23-24-21(26)17-8-4-5-9-19(17)25(27)28/h1-13H,14H2,(H,24,26). The number of rotatable bonds is 7. The summed E-state index contributed by atoms with van der Waals surface area (Å²) >= 11 is 3.45. The number of benzene rings is 3. The molecule has 1 N–H and O–H groups in total. The zero-order valence-electron chi connectivity index (χ0n) is 15.1. The number of amides is 1. The Kier molecular flexibility index (Phi) is 6.70. The SMILES string of the molecule is O=C(NN=Cc1ccc(OCc2ccccc2)c(Br)c1)c1ccccc1[N+](=O)[O-]. The number of ether oxygens (including phenoxy) is 1. The first-order chi connectivity index (χ1) is 14.0. The lowest BCUT2D eigenvalue weighted by Crippen LogP contribution is -2.18. The second-order valence-electron chi connectivity index (χ2n) is 5.94. The number of nitrogens with zero attached hydrogens (tertiary/aromatic N) is 2. The number of hydrogen-bond acceptors (Lipinski definition) is 5. The maximum absolute atomic E-state index is 12.1. The van der Waals surface area contributed by atoms with Gasteiger partial charge in [0.25, 0.3) is 11.6 Å². The average Bonchev–Trinajstić information content (AvgIpc) is 2.73. The summed E-state index contributed by atoms with van der Waals surface area (Å²) in [6.07, 6.45) is 1.44. The number of para-hydroxylation sites is 1. The van der Waals surface area contributed by atoms with Crippen molar-refractivity contribution in [3.63, 3.8) is 0 Å². The predicted octanol–water partition coefficient (Wildman–Crippen LogP) is 4.70. The second kappa shape index (κ2) is 9.61. The summed E-state index contributed by atoms with van der Waals surface area (Å²) in [5, 5.41) is 14.9. The predicted molar refractivity (Wildman–Crippen MR) is 113 cm³/mol. The van der Waals surface area contributed by atoms with Crippen LogP contribution in [0.2, 0.25) is 0 Å². The highest BCUT2D eigenvalue weighted by molar-refractivity contribution is 9.10. The molecule has 0 aromatic heterocycles. The van der Waals surface area contributed by atoms with Gasteiger partial charge in [-0.2, -0.15) is 5.10 Å². The van der Waals surface area contributed by atoms with Crippen LogP contribution in [0.5, 0.6) is 5.75 Å². The van der Waals surface area contributed by atoms with Crippen molar-refractivity contribution in [1.29, 1.82) is 0 Å². The lowest BCUT2D eigenvalue weighted by Gasteiger charge is -2.08. The maximum Gasteiger partial charge on any atom is 0.282 e. The van der Waals surface area contributed by atoms with E-state index in [1.807, 2.05) is 30.3 Å². The highest BCUT2D eigenvalue weighted by Crippen LogP contribution is 2.26. The molecule has 0 aliphatic rings. The van der Waals surface area contributed by atoms with Gasteiger partial charge in [-0.1, -0.05) is 42.5 Å².